The summed E-state index contributed by atoms with van der Waals surface area (Å²) in [5.41, 5.74) is 0. The van der Waals surface area contributed by atoms with E-state index in [4.69, 9.17) is 4.74 Å². The molecule has 0 amide bonds. The van der Waals surface area contributed by atoms with Gasteiger partial charge in [-0.2, -0.15) is 0 Å². The average molecular weight is 243 g/mol. The Morgan fingerprint density at radius 3 is 2.65 bits per heavy atom. The fourth-order valence-corrected chi connectivity index (χ4v) is 1.43. The maximum atomic E-state index is 12.8. The van der Waals surface area contributed by atoms with E-state index < -0.39 is 11.6 Å². The number of rotatable bonds is 8. The molecule has 1 N–H and O–H groups in total. The van der Waals surface area contributed by atoms with Crippen LogP contribution >= 0.6 is 0 Å². The molecule has 0 aromatic heterocycles. The lowest BCUT2D eigenvalue weighted by Crippen LogP contribution is -2.22. The average Bonchev–Trinajstić information content (AvgIpc) is 2.32. The summed E-state index contributed by atoms with van der Waals surface area (Å²) in [5.74, 6) is -1.37. The molecule has 0 saturated heterocycles. The van der Waals surface area contributed by atoms with E-state index in [9.17, 15) is 8.78 Å². The highest BCUT2D eigenvalue weighted by Crippen LogP contribution is 2.14. The molecule has 0 heterocycles. The van der Waals surface area contributed by atoms with Gasteiger partial charge in [-0.1, -0.05) is 19.8 Å². The zero-order valence-corrected chi connectivity index (χ0v) is 10.1. The number of ether oxygens (including phenoxy) is 1. The Bertz CT molecular complexity index is 331. The van der Waals surface area contributed by atoms with Crippen molar-refractivity contribution in [3.8, 4) is 5.75 Å². The summed E-state index contributed by atoms with van der Waals surface area (Å²) in [7, 11) is 0. The highest BCUT2D eigenvalue weighted by atomic mass is 19.2. The molecule has 0 atom stereocenters. The molecule has 17 heavy (non-hydrogen) atoms. The minimum atomic E-state index is -0.876. The van der Waals surface area contributed by atoms with Crippen molar-refractivity contribution in [1.82, 2.24) is 5.32 Å². The predicted octanol–water partition coefficient (Wildman–Crippen LogP) is 3.12. The summed E-state index contributed by atoms with van der Waals surface area (Å²) in [6.07, 6.45) is 3.58. The number of hydrogen-bond donors (Lipinski definition) is 1. The molecule has 0 spiro atoms. The van der Waals surface area contributed by atoms with Crippen molar-refractivity contribution in [1.29, 1.82) is 0 Å². The third-order valence-corrected chi connectivity index (χ3v) is 2.40. The molecule has 0 fully saturated rings. The van der Waals surface area contributed by atoms with Gasteiger partial charge in [0, 0.05) is 12.6 Å². The third kappa shape index (κ3) is 5.63. The Kier molecular flexibility index (Phi) is 6.55. The normalized spacial score (nSPS) is 10.5. The smallest absolute Gasteiger partial charge is 0.162 e. The van der Waals surface area contributed by atoms with E-state index in [2.05, 4.69) is 12.2 Å². The van der Waals surface area contributed by atoms with E-state index >= 15 is 0 Å². The van der Waals surface area contributed by atoms with Crippen LogP contribution in [0.1, 0.15) is 26.2 Å². The van der Waals surface area contributed by atoms with Gasteiger partial charge in [0.05, 0.1) is 0 Å². The van der Waals surface area contributed by atoms with Crippen LogP contribution in [-0.4, -0.2) is 19.7 Å². The molecule has 0 aliphatic heterocycles. The first kappa shape index (κ1) is 13.9. The predicted molar refractivity (Wildman–Crippen MR) is 64.2 cm³/mol. The highest BCUT2D eigenvalue weighted by Gasteiger charge is 2.02. The molecule has 0 aliphatic carbocycles. The third-order valence-electron chi connectivity index (χ3n) is 2.40. The lowest BCUT2D eigenvalue weighted by atomic mass is 10.2. The van der Waals surface area contributed by atoms with Gasteiger partial charge in [-0.05, 0) is 25.1 Å². The molecule has 0 aliphatic rings. The molecule has 0 radical (unpaired) electrons. The number of halogens is 2. The second-order valence-electron chi connectivity index (χ2n) is 3.88. The molecule has 0 bridgehead atoms. The van der Waals surface area contributed by atoms with E-state index in [0.29, 0.717) is 18.9 Å². The summed E-state index contributed by atoms with van der Waals surface area (Å²) in [6.45, 7) is 4.29. The van der Waals surface area contributed by atoms with Crippen LogP contribution < -0.4 is 10.1 Å². The largest absolute Gasteiger partial charge is 0.492 e. The fraction of sp³-hybridized carbons (Fsp3) is 0.538. The van der Waals surface area contributed by atoms with Crippen molar-refractivity contribution in [2.45, 2.75) is 26.2 Å². The van der Waals surface area contributed by atoms with Crippen molar-refractivity contribution in [2.24, 2.45) is 0 Å². The molecule has 2 nitrogen and oxygen atoms in total. The highest BCUT2D eigenvalue weighted by molar-refractivity contribution is 5.23. The van der Waals surface area contributed by atoms with Crippen molar-refractivity contribution < 1.29 is 13.5 Å². The van der Waals surface area contributed by atoms with Crippen LogP contribution in [0, 0.1) is 11.6 Å². The van der Waals surface area contributed by atoms with Crippen molar-refractivity contribution >= 4 is 0 Å². The monoisotopic (exact) mass is 243 g/mol. The quantitative estimate of drug-likeness (QED) is 0.708. The number of nitrogens with one attached hydrogen (secondary N) is 1. The molecule has 1 aromatic carbocycles. The van der Waals surface area contributed by atoms with E-state index in [1.54, 1.807) is 0 Å². The lowest BCUT2D eigenvalue weighted by Gasteiger charge is -2.07. The SMILES string of the molecule is CCCCCNCCOc1ccc(F)c(F)c1. The molecule has 96 valence electrons. The van der Waals surface area contributed by atoms with E-state index in [0.717, 1.165) is 25.1 Å². The summed E-state index contributed by atoms with van der Waals surface area (Å²) in [6, 6.07) is 3.56. The number of hydrogen-bond acceptors (Lipinski definition) is 2. The zero-order valence-electron chi connectivity index (χ0n) is 10.1. The van der Waals surface area contributed by atoms with E-state index in [-0.39, 0.29) is 0 Å². The maximum Gasteiger partial charge on any atom is 0.162 e. The Balaban J connectivity index is 2.11. The van der Waals surface area contributed by atoms with Gasteiger partial charge >= 0.3 is 0 Å². The van der Waals surface area contributed by atoms with Crippen molar-refractivity contribution in [2.75, 3.05) is 19.7 Å². The summed E-state index contributed by atoms with van der Waals surface area (Å²) < 4.78 is 30.7. The summed E-state index contributed by atoms with van der Waals surface area (Å²) >= 11 is 0. The topological polar surface area (TPSA) is 21.3 Å². The lowest BCUT2D eigenvalue weighted by molar-refractivity contribution is 0.311. The Labute approximate surface area is 101 Å². The van der Waals surface area contributed by atoms with Crippen LogP contribution in [0.25, 0.3) is 0 Å². The molecular weight excluding hydrogens is 224 g/mol. The Morgan fingerprint density at radius 2 is 1.94 bits per heavy atom. The van der Waals surface area contributed by atoms with Gasteiger partial charge in [0.2, 0.25) is 0 Å². The number of benzene rings is 1. The van der Waals surface area contributed by atoms with Gasteiger partial charge in [0.15, 0.2) is 11.6 Å². The molecule has 0 unspecified atom stereocenters. The van der Waals surface area contributed by atoms with Crippen molar-refractivity contribution in [3.63, 3.8) is 0 Å². The first-order chi connectivity index (χ1) is 8.24. The van der Waals surface area contributed by atoms with Gasteiger partial charge in [0.1, 0.15) is 12.4 Å². The molecule has 1 rings (SSSR count). The molecule has 4 heteroatoms. The van der Waals surface area contributed by atoms with Crippen LogP contribution in [0.15, 0.2) is 18.2 Å². The van der Waals surface area contributed by atoms with Crippen LogP contribution in [-0.2, 0) is 0 Å². The first-order valence-corrected chi connectivity index (χ1v) is 6.02. The minimum absolute atomic E-state index is 0.360. The van der Waals surface area contributed by atoms with Crippen LogP contribution in [0.2, 0.25) is 0 Å². The summed E-state index contributed by atoms with van der Waals surface area (Å²) in [5, 5.41) is 3.22. The molecule has 1 aromatic rings. The van der Waals surface area contributed by atoms with Crippen LogP contribution in [0.5, 0.6) is 5.75 Å². The minimum Gasteiger partial charge on any atom is -0.492 e. The fourth-order valence-electron chi connectivity index (χ4n) is 1.43. The Hall–Kier alpha value is -1.16. The molecule has 0 saturated carbocycles. The van der Waals surface area contributed by atoms with Crippen molar-refractivity contribution in [3.05, 3.63) is 29.8 Å². The second kappa shape index (κ2) is 8.01. The standard InChI is InChI=1S/C13H19F2NO/c1-2-3-4-7-16-8-9-17-11-5-6-12(14)13(15)10-11/h5-6,10,16H,2-4,7-9H2,1H3. The van der Waals surface area contributed by atoms with Gasteiger partial charge in [0.25, 0.3) is 0 Å². The summed E-state index contributed by atoms with van der Waals surface area (Å²) in [4.78, 5) is 0. The molecular formula is C13H19F2NO. The first-order valence-electron chi connectivity index (χ1n) is 6.02. The van der Waals surface area contributed by atoms with Gasteiger partial charge in [-0.25, -0.2) is 8.78 Å². The number of unbranched alkanes of at least 4 members (excludes halogenated alkanes) is 2. The maximum absolute atomic E-state index is 12.8. The van der Waals surface area contributed by atoms with Gasteiger partial charge in [-0.15, -0.1) is 0 Å². The van der Waals surface area contributed by atoms with Crippen LogP contribution in [0.3, 0.4) is 0 Å². The van der Waals surface area contributed by atoms with E-state index in [1.807, 2.05) is 0 Å². The zero-order chi connectivity index (χ0) is 12.5. The Morgan fingerprint density at radius 1 is 1.12 bits per heavy atom. The second-order valence-corrected chi connectivity index (χ2v) is 3.88. The van der Waals surface area contributed by atoms with Gasteiger partial charge < -0.3 is 10.1 Å². The van der Waals surface area contributed by atoms with Crippen LogP contribution in [0.4, 0.5) is 8.78 Å². The van der Waals surface area contributed by atoms with E-state index in [1.165, 1.54) is 18.9 Å². The van der Waals surface area contributed by atoms with Gasteiger partial charge in [-0.3, -0.25) is 0 Å².